The van der Waals surface area contributed by atoms with E-state index in [-0.39, 0.29) is 11.7 Å². The smallest absolute Gasteiger partial charge is 0.253 e. The first-order valence-electron chi connectivity index (χ1n) is 9.67. The number of amides is 1. The molecule has 2 heterocycles. The third-order valence-electron chi connectivity index (χ3n) is 5.32. The fourth-order valence-electron chi connectivity index (χ4n) is 3.71. The number of para-hydroxylation sites is 1. The summed E-state index contributed by atoms with van der Waals surface area (Å²) in [7, 11) is 0. The lowest BCUT2D eigenvalue weighted by Crippen LogP contribution is -2.48. The van der Waals surface area contributed by atoms with Crippen LogP contribution >= 0.6 is 0 Å². The first-order chi connectivity index (χ1) is 14.0. The molecule has 1 aliphatic rings. The van der Waals surface area contributed by atoms with E-state index in [1.807, 2.05) is 15.6 Å². The highest BCUT2D eigenvalue weighted by molar-refractivity contribution is 5.94. The van der Waals surface area contributed by atoms with Crippen molar-refractivity contribution < 1.29 is 9.90 Å². The SMILES string of the molecule is Cc1cccc(C)c1-n1nnnc1CN1CCN(C(=O)c2ccc(O)cc2)CC1. The number of carbonyl (C=O) groups excluding carboxylic acids is 1. The van der Waals surface area contributed by atoms with Crippen LogP contribution in [-0.4, -0.2) is 67.2 Å². The zero-order valence-electron chi connectivity index (χ0n) is 16.6. The molecule has 1 fully saturated rings. The van der Waals surface area contributed by atoms with Gasteiger partial charge >= 0.3 is 0 Å². The van der Waals surface area contributed by atoms with E-state index in [2.05, 4.69) is 46.4 Å². The highest BCUT2D eigenvalue weighted by atomic mass is 16.3. The molecular formula is C21H24N6O2. The Morgan fingerprint density at radius 2 is 1.66 bits per heavy atom. The van der Waals surface area contributed by atoms with E-state index in [0.717, 1.165) is 35.7 Å². The summed E-state index contributed by atoms with van der Waals surface area (Å²) in [6.07, 6.45) is 0. The Kier molecular flexibility index (Phi) is 5.26. The number of phenolic OH excluding ortho intramolecular Hbond substituents is 1. The predicted octanol–water partition coefficient (Wildman–Crippen LogP) is 1.94. The van der Waals surface area contributed by atoms with Gasteiger partial charge in [0.25, 0.3) is 5.91 Å². The van der Waals surface area contributed by atoms with Gasteiger partial charge in [-0.2, -0.15) is 4.68 Å². The van der Waals surface area contributed by atoms with E-state index in [9.17, 15) is 9.90 Å². The highest BCUT2D eigenvalue weighted by Gasteiger charge is 2.24. The maximum Gasteiger partial charge on any atom is 0.253 e. The molecule has 1 saturated heterocycles. The molecule has 0 spiro atoms. The summed E-state index contributed by atoms with van der Waals surface area (Å²) in [6.45, 7) is 7.53. The molecule has 29 heavy (non-hydrogen) atoms. The van der Waals surface area contributed by atoms with Crippen LogP contribution in [0.1, 0.15) is 27.3 Å². The van der Waals surface area contributed by atoms with Gasteiger partial charge < -0.3 is 10.0 Å². The molecule has 3 aromatic rings. The van der Waals surface area contributed by atoms with E-state index in [0.29, 0.717) is 25.2 Å². The molecule has 0 radical (unpaired) electrons. The van der Waals surface area contributed by atoms with Crippen LogP contribution in [0.5, 0.6) is 5.75 Å². The van der Waals surface area contributed by atoms with Crippen LogP contribution < -0.4 is 0 Å². The van der Waals surface area contributed by atoms with Gasteiger partial charge in [0.15, 0.2) is 5.82 Å². The van der Waals surface area contributed by atoms with Gasteiger partial charge in [0.2, 0.25) is 0 Å². The second kappa shape index (κ2) is 8.00. The number of phenols is 1. The molecule has 0 atom stereocenters. The topological polar surface area (TPSA) is 87.4 Å². The summed E-state index contributed by atoms with van der Waals surface area (Å²) in [4.78, 5) is 16.7. The molecule has 8 heteroatoms. The third kappa shape index (κ3) is 3.97. The Labute approximate surface area is 169 Å². The summed E-state index contributed by atoms with van der Waals surface area (Å²) < 4.78 is 1.82. The molecular weight excluding hydrogens is 368 g/mol. The molecule has 0 bridgehead atoms. The van der Waals surface area contributed by atoms with Crippen molar-refractivity contribution in [2.75, 3.05) is 26.2 Å². The number of aromatic hydroxyl groups is 1. The average Bonchev–Trinajstić information content (AvgIpc) is 3.16. The fraction of sp³-hybridized carbons (Fsp3) is 0.333. The van der Waals surface area contributed by atoms with E-state index < -0.39 is 0 Å². The summed E-state index contributed by atoms with van der Waals surface area (Å²) >= 11 is 0. The highest BCUT2D eigenvalue weighted by Crippen LogP contribution is 2.20. The van der Waals surface area contributed by atoms with Crippen molar-refractivity contribution in [1.82, 2.24) is 30.0 Å². The Morgan fingerprint density at radius 3 is 2.31 bits per heavy atom. The van der Waals surface area contributed by atoms with Gasteiger partial charge in [-0.15, -0.1) is 5.10 Å². The predicted molar refractivity (Wildman–Crippen MR) is 108 cm³/mol. The number of aryl methyl sites for hydroxylation is 2. The van der Waals surface area contributed by atoms with Crippen LogP contribution in [0.25, 0.3) is 5.69 Å². The van der Waals surface area contributed by atoms with Crippen LogP contribution in [0.15, 0.2) is 42.5 Å². The molecule has 1 N–H and O–H groups in total. The minimum Gasteiger partial charge on any atom is -0.508 e. The largest absolute Gasteiger partial charge is 0.508 e. The summed E-state index contributed by atoms with van der Waals surface area (Å²) in [5.41, 5.74) is 3.87. The Balaban J connectivity index is 1.42. The quantitative estimate of drug-likeness (QED) is 0.730. The number of rotatable bonds is 4. The minimum atomic E-state index is -0.00924. The van der Waals surface area contributed by atoms with Crippen LogP contribution in [0, 0.1) is 13.8 Å². The molecule has 0 unspecified atom stereocenters. The second-order valence-corrected chi connectivity index (χ2v) is 7.36. The van der Waals surface area contributed by atoms with Crippen molar-refractivity contribution in [2.45, 2.75) is 20.4 Å². The van der Waals surface area contributed by atoms with Gasteiger partial charge in [0.05, 0.1) is 12.2 Å². The van der Waals surface area contributed by atoms with Crippen molar-refractivity contribution in [1.29, 1.82) is 0 Å². The molecule has 4 rings (SSSR count). The normalized spacial score (nSPS) is 14.9. The van der Waals surface area contributed by atoms with Crippen molar-refractivity contribution in [2.24, 2.45) is 0 Å². The molecule has 1 aromatic heterocycles. The lowest BCUT2D eigenvalue weighted by Gasteiger charge is -2.34. The van der Waals surface area contributed by atoms with E-state index in [1.54, 1.807) is 12.1 Å². The van der Waals surface area contributed by atoms with Crippen LogP contribution in [-0.2, 0) is 6.54 Å². The monoisotopic (exact) mass is 392 g/mol. The van der Waals surface area contributed by atoms with Crippen molar-refractivity contribution in [3.8, 4) is 11.4 Å². The van der Waals surface area contributed by atoms with Gasteiger partial charge in [-0.25, -0.2) is 0 Å². The number of carbonyl (C=O) groups is 1. The molecule has 1 aliphatic heterocycles. The number of piperazine rings is 1. The molecule has 0 saturated carbocycles. The minimum absolute atomic E-state index is 0.00924. The van der Waals surface area contributed by atoms with Crippen molar-refractivity contribution >= 4 is 5.91 Å². The van der Waals surface area contributed by atoms with Crippen LogP contribution in [0.2, 0.25) is 0 Å². The Morgan fingerprint density at radius 1 is 1.00 bits per heavy atom. The Bertz CT molecular complexity index is 986. The zero-order valence-corrected chi connectivity index (χ0v) is 16.6. The maximum atomic E-state index is 12.6. The first kappa shape index (κ1) is 19.1. The average molecular weight is 392 g/mol. The number of hydrogen-bond acceptors (Lipinski definition) is 6. The van der Waals surface area contributed by atoms with Crippen molar-refractivity contribution in [3.63, 3.8) is 0 Å². The lowest BCUT2D eigenvalue weighted by atomic mass is 10.1. The van der Waals surface area contributed by atoms with Crippen LogP contribution in [0.3, 0.4) is 0 Å². The van der Waals surface area contributed by atoms with E-state index in [4.69, 9.17) is 0 Å². The fourth-order valence-corrected chi connectivity index (χ4v) is 3.71. The van der Waals surface area contributed by atoms with Gasteiger partial charge in [-0.3, -0.25) is 9.69 Å². The summed E-state index contributed by atoms with van der Waals surface area (Å²) in [6, 6.07) is 12.5. The second-order valence-electron chi connectivity index (χ2n) is 7.36. The van der Waals surface area contributed by atoms with Gasteiger partial charge in [0.1, 0.15) is 5.75 Å². The third-order valence-corrected chi connectivity index (χ3v) is 5.32. The molecule has 1 amide bonds. The number of nitrogens with zero attached hydrogens (tertiary/aromatic N) is 6. The molecule has 0 aliphatic carbocycles. The maximum absolute atomic E-state index is 12.6. The summed E-state index contributed by atoms with van der Waals surface area (Å²) in [5.74, 6) is 0.943. The van der Waals surface area contributed by atoms with Crippen molar-refractivity contribution in [3.05, 3.63) is 65.0 Å². The number of hydrogen-bond donors (Lipinski definition) is 1. The Hall–Kier alpha value is -3.26. The molecule has 8 nitrogen and oxygen atoms in total. The zero-order chi connectivity index (χ0) is 20.4. The number of tetrazole rings is 1. The van der Waals surface area contributed by atoms with Crippen LogP contribution in [0.4, 0.5) is 0 Å². The first-order valence-corrected chi connectivity index (χ1v) is 9.67. The molecule has 150 valence electrons. The van der Waals surface area contributed by atoms with E-state index in [1.165, 1.54) is 12.1 Å². The standard InChI is InChI=1S/C21H24N6O2/c1-15-4-3-5-16(2)20(15)27-19(22-23-24-27)14-25-10-12-26(13-11-25)21(29)17-6-8-18(28)9-7-17/h3-9,28H,10-14H2,1-2H3. The van der Waals surface area contributed by atoms with Gasteiger partial charge in [-0.1, -0.05) is 18.2 Å². The van der Waals surface area contributed by atoms with Gasteiger partial charge in [0, 0.05) is 31.7 Å². The lowest BCUT2D eigenvalue weighted by molar-refractivity contribution is 0.0624. The number of aromatic nitrogens is 4. The van der Waals surface area contributed by atoms with Gasteiger partial charge in [-0.05, 0) is 59.7 Å². The van der Waals surface area contributed by atoms with E-state index >= 15 is 0 Å². The number of benzene rings is 2. The molecule has 2 aromatic carbocycles. The summed E-state index contributed by atoms with van der Waals surface area (Å²) in [5, 5.41) is 21.7.